The van der Waals surface area contributed by atoms with Crippen molar-refractivity contribution >= 4 is 17.5 Å². The second-order valence-electron chi connectivity index (χ2n) is 6.84. The van der Waals surface area contributed by atoms with E-state index in [1.807, 2.05) is 60.7 Å². The number of aromatic nitrogens is 3. The van der Waals surface area contributed by atoms with Crippen molar-refractivity contribution in [2.24, 2.45) is 4.99 Å². The van der Waals surface area contributed by atoms with Gasteiger partial charge in [-0.05, 0) is 17.7 Å². The fourth-order valence-corrected chi connectivity index (χ4v) is 3.40. The Morgan fingerprint density at radius 1 is 0.900 bits per heavy atom. The maximum absolute atomic E-state index is 13.0. The van der Waals surface area contributed by atoms with Crippen molar-refractivity contribution in [1.29, 1.82) is 0 Å². The number of fused-ring (bicyclic) bond motifs is 1. The number of anilines is 1. The molecule has 4 aromatic rings. The number of carbonyl (C=O) groups is 1. The van der Waals surface area contributed by atoms with Gasteiger partial charge in [-0.25, -0.2) is 0 Å². The van der Waals surface area contributed by atoms with Crippen molar-refractivity contribution in [3.05, 3.63) is 95.8 Å². The molecule has 1 aliphatic heterocycles. The van der Waals surface area contributed by atoms with Crippen molar-refractivity contribution in [2.45, 2.75) is 12.6 Å². The Morgan fingerprint density at radius 3 is 2.53 bits per heavy atom. The van der Waals surface area contributed by atoms with Crippen LogP contribution in [-0.4, -0.2) is 32.8 Å². The van der Waals surface area contributed by atoms with Crippen molar-refractivity contribution in [3.63, 3.8) is 0 Å². The highest BCUT2D eigenvalue weighted by molar-refractivity contribution is 6.16. The molecule has 0 radical (unpaired) electrons. The van der Waals surface area contributed by atoms with Gasteiger partial charge < -0.3 is 9.73 Å². The number of hydrogen-bond donors (Lipinski definition) is 1. The van der Waals surface area contributed by atoms with E-state index >= 15 is 0 Å². The molecule has 1 atom stereocenters. The monoisotopic (exact) mass is 395 g/mol. The van der Waals surface area contributed by atoms with Gasteiger partial charge >= 0.3 is 6.01 Å². The average Bonchev–Trinajstić information content (AvgIpc) is 3.21. The summed E-state index contributed by atoms with van der Waals surface area (Å²) in [6, 6.07) is 21.4. The van der Waals surface area contributed by atoms with E-state index in [-0.39, 0.29) is 18.2 Å². The van der Waals surface area contributed by atoms with Gasteiger partial charge in [-0.2, -0.15) is 0 Å². The van der Waals surface area contributed by atoms with Crippen LogP contribution in [0.3, 0.4) is 0 Å². The van der Waals surface area contributed by atoms with E-state index in [4.69, 9.17) is 9.41 Å². The fourth-order valence-electron chi connectivity index (χ4n) is 3.40. The van der Waals surface area contributed by atoms with Gasteiger partial charge in [0.2, 0.25) is 0 Å². The molecule has 0 fully saturated rings. The average molecular weight is 395 g/mol. The largest absolute Gasteiger partial charge is 0.403 e. The third-order valence-corrected chi connectivity index (χ3v) is 4.84. The standard InChI is InChI=1S/C23H17N5O2/c29-19-13-16-9-4-5-11-18(16)20(15-7-2-1-3-8-15)25-21(19)26-23-28-27-22(30-23)17-10-6-12-24-14-17/h1-12,14,21H,13H2,(H,26,28). The molecule has 0 amide bonds. The highest BCUT2D eigenvalue weighted by Crippen LogP contribution is 2.24. The molecule has 5 rings (SSSR count). The van der Waals surface area contributed by atoms with Gasteiger partial charge in [-0.1, -0.05) is 59.7 Å². The molecule has 146 valence electrons. The lowest BCUT2D eigenvalue weighted by Gasteiger charge is -2.11. The molecule has 0 bridgehead atoms. The first-order valence-electron chi connectivity index (χ1n) is 9.52. The van der Waals surface area contributed by atoms with Gasteiger partial charge in [0.05, 0.1) is 11.3 Å². The molecule has 3 heterocycles. The molecular weight excluding hydrogens is 378 g/mol. The van der Waals surface area contributed by atoms with Crippen molar-refractivity contribution in [3.8, 4) is 11.5 Å². The summed E-state index contributed by atoms with van der Waals surface area (Å²) < 4.78 is 5.68. The molecule has 0 saturated heterocycles. The lowest BCUT2D eigenvalue weighted by molar-refractivity contribution is -0.119. The van der Waals surface area contributed by atoms with Crippen LogP contribution in [0.1, 0.15) is 16.7 Å². The second-order valence-corrected chi connectivity index (χ2v) is 6.84. The van der Waals surface area contributed by atoms with Crippen molar-refractivity contribution in [1.82, 2.24) is 15.2 Å². The van der Waals surface area contributed by atoms with Crippen molar-refractivity contribution in [2.75, 3.05) is 5.32 Å². The topological polar surface area (TPSA) is 93.3 Å². The zero-order valence-corrected chi connectivity index (χ0v) is 15.9. The first-order chi connectivity index (χ1) is 14.8. The summed E-state index contributed by atoms with van der Waals surface area (Å²) in [6.07, 6.45) is 2.73. The number of nitrogens with zero attached hydrogens (tertiary/aromatic N) is 4. The molecule has 0 aliphatic carbocycles. The lowest BCUT2D eigenvalue weighted by Crippen LogP contribution is -2.29. The quantitative estimate of drug-likeness (QED) is 0.568. The van der Waals surface area contributed by atoms with E-state index in [2.05, 4.69) is 20.5 Å². The molecule has 2 aromatic heterocycles. The van der Waals surface area contributed by atoms with Gasteiger partial charge in [-0.3, -0.25) is 14.8 Å². The molecule has 1 N–H and O–H groups in total. The first kappa shape index (κ1) is 17.9. The van der Waals surface area contributed by atoms with Gasteiger partial charge in [0.1, 0.15) is 0 Å². The van der Waals surface area contributed by atoms with E-state index in [1.165, 1.54) is 0 Å². The highest BCUT2D eigenvalue weighted by Gasteiger charge is 2.27. The predicted octanol–water partition coefficient (Wildman–Crippen LogP) is 3.53. The SMILES string of the molecule is O=C1Cc2ccccc2C(c2ccccc2)=NC1Nc1nnc(-c2cccnc2)o1. The summed E-state index contributed by atoms with van der Waals surface area (Å²) in [5.74, 6) is 0.247. The van der Waals surface area contributed by atoms with E-state index in [0.717, 1.165) is 22.4 Å². The number of carbonyl (C=O) groups excluding carboxylic acids is 1. The molecule has 1 aliphatic rings. The first-order valence-corrected chi connectivity index (χ1v) is 9.52. The van der Waals surface area contributed by atoms with Crippen LogP contribution < -0.4 is 5.32 Å². The van der Waals surface area contributed by atoms with Crippen LogP contribution >= 0.6 is 0 Å². The molecule has 30 heavy (non-hydrogen) atoms. The lowest BCUT2D eigenvalue weighted by atomic mass is 9.96. The maximum atomic E-state index is 13.0. The van der Waals surface area contributed by atoms with Crippen LogP contribution in [0, 0.1) is 0 Å². The third kappa shape index (κ3) is 3.48. The molecule has 1 unspecified atom stereocenters. The van der Waals surface area contributed by atoms with Crippen LogP contribution in [0.2, 0.25) is 0 Å². The number of ketones is 1. The Balaban J connectivity index is 1.51. The van der Waals surface area contributed by atoms with E-state index < -0.39 is 6.17 Å². The molecular formula is C23H17N5O2. The van der Waals surface area contributed by atoms with E-state index in [9.17, 15) is 4.79 Å². The summed E-state index contributed by atoms with van der Waals surface area (Å²) in [4.78, 5) is 21.8. The Hall–Kier alpha value is -4.13. The number of rotatable bonds is 4. The zero-order chi connectivity index (χ0) is 20.3. The van der Waals surface area contributed by atoms with Crippen LogP contribution in [0.15, 0.2) is 88.5 Å². The predicted molar refractivity (Wildman–Crippen MR) is 112 cm³/mol. The number of aliphatic imine (C=N–C) groups is 1. The fraction of sp³-hybridized carbons (Fsp3) is 0.0870. The Bertz CT molecular complexity index is 1220. The van der Waals surface area contributed by atoms with Gasteiger partial charge in [0.15, 0.2) is 11.9 Å². The molecule has 7 nitrogen and oxygen atoms in total. The van der Waals surface area contributed by atoms with E-state index in [0.29, 0.717) is 11.5 Å². The summed E-state index contributed by atoms with van der Waals surface area (Å²) in [7, 11) is 0. The number of Topliss-reactive ketones (excluding diaryl/α,β-unsaturated/α-hetero) is 1. The highest BCUT2D eigenvalue weighted by atomic mass is 16.4. The normalized spacial score (nSPS) is 15.8. The number of hydrogen-bond acceptors (Lipinski definition) is 7. The van der Waals surface area contributed by atoms with E-state index in [1.54, 1.807) is 18.5 Å². The van der Waals surface area contributed by atoms with Crippen LogP contribution in [0.4, 0.5) is 6.01 Å². The molecule has 7 heteroatoms. The van der Waals surface area contributed by atoms with Gasteiger partial charge in [-0.15, -0.1) is 5.10 Å². The number of benzene rings is 2. The summed E-state index contributed by atoms with van der Waals surface area (Å²) in [5, 5.41) is 11.1. The minimum Gasteiger partial charge on any atom is -0.403 e. The summed E-state index contributed by atoms with van der Waals surface area (Å²) >= 11 is 0. The minimum atomic E-state index is -0.838. The molecule has 0 spiro atoms. The van der Waals surface area contributed by atoms with Crippen molar-refractivity contribution < 1.29 is 9.21 Å². The number of pyridine rings is 1. The smallest absolute Gasteiger partial charge is 0.317 e. The summed E-state index contributed by atoms with van der Waals surface area (Å²) in [5.41, 5.74) is 4.28. The Morgan fingerprint density at radius 2 is 1.70 bits per heavy atom. The van der Waals surface area contributed by atoms with Gasteiger partial charge in [0, 0.05) is 29.9 Å². The number of nitrogens with one attached hydrogen (secondary N) is 1. The molecule has 0 saturated carbocycles. The van der Waals surface area contributed by atoms with Crippen LogP contribution in [0.25, 0.3) is 11.5 Å². The summed E-state index contributed by atoms with van der Waals surface area (Å²) in [6.45, 7) is 0. The zero-order valence-electron chi connectivity index (χ0n) is 15.9. The van der Waals surface area contributed by atoms with Gasteiger partial charge in [0.25, 0.3) is 5.89 Å². The Kier molecular flexibility index (Phi) is 4.61. The van der Waals surface area contributed by atoms with Crippen LogP contribution in [0.5, 0.6) is 0 Å². The molecule has 2 aromatic carbocycles. The third-order valence-electron chi connectivity index (χ3n) is 4.84. The maximum Gasteiger partial charge on any atom is 0.317 e. The Labute approximate surface area is 172 Å². The van der Waals surface area contributed by atoms with Crippen LogP contribution in [-0.2, 0) is 11.2 Å². The minimum absolute atomic E-state index is 0.0745. The second kappa shape index (κ2) is 7.71.